The van der Waals surface area contributed by atoms with E-state index in [1.165, 1.54) is 11.3 Å². The number of hydrogen-bond acceptors (Lipinski definition) is 6. The number of para-hydroxylation sites is 1. The summed E-state index contributed by atoms with van der Waals surface area (Å²) < 4.78 is 7.48. The number of H-pyrrole nitrogens is 1. The zero-order chi connectivity index (χ0) is 18.9. The Labute approximate surface area is 164 Å². The van der Waals surface area contributed by atoms with Gasteiger partial charge in [0.05, 0.1) is 17.9 Å². The van der Waals surface area contributed by atoms with Crippen LogP contribution in [-0.2, 0) is 0 Å². The molecule has 28 heavy (non-hydrogen) atoms. The Morgan fingerprint density at radius 3 is 2.71 bits per heavy atom. The summed E-state index contributed by atoms with van der Waals surface area (Å²) in [5.41, 5.74) is 3.60. The van der Waals surface area contributed by atoms with Gasteiger partial charge in [-0.25, -0.2) is 0 Å². The van der Waals surface area contributed by atoms with Crippen LogP contribution in [-0.4, -0.2) is 36.6 Å². The van der Waals surface area contributed by atoms with Crippen LogP contribution in [0.25, 0.3) is 38.3 Å². The molecular formula is C20H16N6OS. The van der Waals surface area contributed by atoms with E-state index in [0.717, 1.165) is 33.3 Å². The van der Waals surface area contributed by atoms with Gasteiger partial charge in [-0.05, 0) is 25.1 Å². The minimum absolute atomic E-state index is 0.600. The number of fused-ring (bicyclic) bond motifs is 1. The van der Waals surface area contributed by atoms with Gasteiger partial charge in [0.15, 0.2) is 5.01 Å². The first-order chi connectivity index (χ1) is 13.8. The van der Waals surface area contributed by atoms with Gasteiger partial charge in [0.25, 0.3) is 0 Å². The van der Waals surface area contributed by atoms with Crippen LogP contribution in [0.5, 0.6) is 5.75 Å². The summed E-state index contributed by atoms with van der Waals surface area (Å²) >= 11 is 1.47. The normalized spacial score (nSPS) is 11.2. The first-order valence-corrected chi connectivity index (χ1v) is 9.71. The zero-order valence-corrected chi connectivity index (χ0v) is 15.8. The number of aromatic amines is 1. The first-order valence-electron chi connectivity index (χ1n) is 8.89. The van der Waals surface area contributed by atoms with Crippen molar-refractivity contribution in [1.82, 2.24) is 30.0 Å². The molecule has 5 aromatic rings. The third-order valence-electron chi connectivity index (χ3n) is 4.30. The molecule has 5 rings (SSSR count). The molecule has 138 valence electrons. The van der Waals surface area contributed by atoms with Crippen molar-refractivity contribution < 1.29 is 4.74 Å². The van der Waals surface area contributed by atoms with E-state index in [-0.39, 0.29) is 0 Å². The van der Waals surface area contributed by atoms with E-state index in [1.54, 1.807) is 4.52 Å². The fraction of sp³-hybridized carbons (Fsp3) is 0.100. The van der Waals surface area contributed by atoms with Crippen LogP contribution in [0.2, 0.25) is 0 Å². The van der Waals surface area contributed by atoms with Crippen molar-refractivity contribution >= 4 is 16.3 Å². The van der Waals surface area contributed by atoms with Gasteiger partial charge in [0, 0.05) is 5.56 Å². The summed E-state index contributed by atoms with van der Waals surface area (Å²) in [5.74, 6) is 1.44. The summed E-state index contributed by atoms with van der Waals surface area (Å²) in [5, 5.41) is 21.6. The van der Waals surface area contributed by atoms with Gasteiger partial charge in [-0.15, -0.1) is 10.2 Å². The molecule has 0 unspecified atom stereocenters. The summed E-state index contributed by atoms with van der Waals surface area (Å²) in [7, 11) is 0. The lowest BCUT2D eigenvalue weighted by Gasteiger charge is -2.06. The molecule has 1 N–H and O–H groups in total. The smallest absolute Gasteiger partial charge is 0.235 e. The summed E-state index contributed by atoms with van der Waals surface area (Å²) in [6.07, 6.45) is 0. The van der Waals surface area contributed by atoms with Crippen molar-refractivity contribution in [2.24, 2.45) is 0 Å². The quantitative estimate of drug-likeness (QED) is 0.485. The highest BCUT2D eigenvalue weighted by atomic mass is 32.1. The molecule has 0 aliphatic heterocycles. The Bertz CT molecular complexity index is 1240. The topological polar surface area (TPSA) is 81.0 Å². The second-order valence-electron chi connectivity index (χ2n) is 6.09. The Hall–Kier alpha value is -3.52. The van der Waals surface area contributed by atoms with Crippen molar-refractivity contribution in [3.05, 3.63) is 60.7 Å². The standard InChI is InChI=1S/C20H16N6OS/c1-2-27-17-11-7-6-10-14(17)19-25-26-18(23-24-20(26)28-19)16-12-15(21-22-16)13-8-4-3-5-9-13/h3-12H,2H2,1H3,(H,21,22). The lowest BCUT2D eigenvalue weighted by Crippen LogP contribution is -1.95. The lowest BCUT2D eigenvalue weighted by atomic mass is 10.1. The maximum atomic E-state index is 5.74. The van der Waals surface area contributed by atoms with Crippen LogP contribution in [0.4, 0.5) is 0 Å². The minimum Gasteiger partial charge on any atom is -0.493 e. The van der Waals surface area contributed by atoms with E-state index in [2.05, 4.69) is 20.4 Å². The molecule has 0 spiro atoms. The van der Waals surface area contributed by atoms with E-state index in [0.29, 0.717) is 17.4 Å². The number of nitrogens with zero attached hydrogens (tertiary/aromatic N) is 5. The molecule has 7 nitrogen and oxygen atoms in total. The van der Waals surface area contributed by atoms with Crippen LogP contribution < -0.4 is 4.74 Å². The Balaban J connectivity index is 1.56. The second kappa shape index (κ2) is 6.90. The predicted molar refractivity (Wildman–Crippen MR) is 108 cm³/mol. The number of ether oxygens (including phenoxy) is 1. The fourth-order valence-corrected chi connectivity index (χ4v) is 3.88. The fourth-order valence-electron chi connectivity index (χ4n) is 3.01. The van der Waals surface area contributed by atoms with E-state index in [4.69, 9.17) is 9.84 Å². The van der Waals surface area contributed by atoms with Gasteiger partial charge in [-0.1, -0.05) is 53.8 Å². The average Bonchev–Trinajstić information content (AvgIpc) is 3.45. The predicted octanol–water partition coefficient (Wildman–Crippen LogP) is 4.31. The molecule has 0 saturated carbocycles. The van der Waals surface area contributed by atoms with E-state index in [9.17, 15) is 0 Å². The Morgan fingerprint density at radius 2 is 1.86 bits per heavy atom. The molecular weight excluding hydrogens is 372 g/mol. The van der Waals surface area contributed by atoms with Crippen LogP contribution in [0.1, 0.15) is 6.92 Å². The maximum absolute atomic E-state index is 5.74. The Kier molecular flexibility index (Phi) is 4.10. The molecule has 0 radical (unpaired) electrons. The maximum Gasteiger partial charge on any atom is 0.235 e. The van der Waals surface area contributed by atoms with Crippen molar-refractivity contribution in [1.29, 1.82) is 0 Å². The highest BCUT2D eigenvalue weighted by Gasteiger charge is 2.18. The molecule has 0 bridgehead atoms. The molecule has 2 aromatic carbocycles. The molecule has 3 aromatic heterocycles. The highest BCUT2D eigenvalue weighted by Crippen LogP contribution is 2.34. The van der Waals surface area contributed by atoms with Crippen molar-refractivity contribution in [3.8, 4) is 39.1 Å². The highest BCUT2D eigenvalue weighted by molar-refractivity contribution is 7.19. The van der Waals surface area contributed by atoms with Crippen LogP contribution in [0.3, 0.4) is 0 Å². The third kappa shape index (κ3) is 2.84. The summed E-state index contributed by atoms with van der Waals surface area (Å²) in [6.45, 7) is 2.57. The third-order valence-corrected chi connectivity index (χ3v) is 5.23. The van der Waals surface area contributed by atoms with E-state index < -0.39 is 0 Å². The second-order valence-corrected chi connectivity index (χ2v) is 7.04. The molecule has 8 heteroatoms. The largest absolute Gasteiger partial charge is 0.493 e. The monoisotopic (exact) mass is 388 g/mol. The summed E-state index contributed by atoms with van der Waals surface area (Å²) in [6, 6.07) is 19.8. The van der Waals surface area contributed by atoms with Gasteiger partial charge in [0.1, 0.15) is 11.4 Å². The molecule has 0 amide bonds. The van der Waals surface area contributed by atoms with Gasteiger partial charge >= 0.3 is 0 Å². The van der Waals surface area contributed by atoms with Crippen LogP contribution in [0, 0.1) is 0 Å². The van der Waals surface area contributed by atoms with Crippen molar-refractivity contribution in [3.63, 3.8) is 0 Å². The molecule has 0 aliphatic rings. The van der Waals surface area contributed by atoms with E-state index in [1.807, 2.05) is 67.6 Å². The molecule has 0 aliphatic carbocycles. The number of hydrogen-bond donors (Lipinski definition) is 1. The van der Waals surface area contributed by atoms with Gasteiger partial charge in [-0.2, -0.15) is 14.7 Å². The molecule has 0 fully saturated rings. The molecule has 3 heterocycles. The lowest BCUT2D eigenvalue weighted by molar-refractivity contribution is 0.341. The first kappa shape index (κ1) is 16.6. The number of benzene rings is 2. The Morgan fingerprint density at radius 1 is 1.04 bits per heavy atom. The number of nitrogens with one attached hydrogen (secondary N) is 1. The van der Waals surface area contributed by atoms with Gasteiger partial charge < -0.3 is 4.74 Å². The van der Waals surface area contributed by atoms with Crippen molar-refractivity contribution in [2.75, 3.05) is 6.61 Å². The SMILES string of the molecule is CCOc1ccccc1-c1nn2c(-c3cc(-c4ccccc4)n[nH]3)nnc2s1. The molecule has 0 atom stereocenters. The number of aromatic nitrogens is 6. The minimum atomic E-state index is 0.600. The van der Waals surface area contributed by atoms with Gasteiger partial charge in [0.2, 0.25) is 10.8 Å². The van der Waals surface area contributed by atoms with Gasteiger partial charge in [-0.3, -0.25) is 5.10 Å². The molecule has 0 saturated heterocycles. The zero-order valence-electron chi connectivity index (χ0n) is 15.0. The number of rotatable bonds is 5. The average molecular weight is 388 g/mol. The van der Waals surface area contributed by atoms with Crippen molar-refractivity contribution in [2.45, 2.75) is 6.92 Å². The summed E-state index contributed by atoms with van der Waals surface area (Å²) in [4.78, 5) is 0.715. The van der Waals surface area contributed by atoms with Crippen LogP contribution >= 0.6 is 11.3 Å². The van der Waals surface area contributed by atoms with Crippen LogP contribution in [0.15, 0.2) is 60.7 Å². The van der Waals surface area contributed by atoms with E-state index >= 15 is 0 Å².